The number of rotatable bonds is 2. The van der Waals surface area contributed by atoms with Crippen molar-refractivity contribution < 1.29 is 22.7 Å². The molecule has 0 bridgehead atoms. The number of phenols is 1. The van der Waals surface area contributed by atoms with Crippen LogP contribution in [0.25, 0.3) is 0 Å². The molecule has 15 heavy (non-hydrogen) atoms. The van der Waals surface area contributed by atoms with Crippen molar-refractivity contribution in [2.45, 2.75) is 12.5 Å². The maximum atomic E-state index is 13.1. The molecule has 0 aliphatic heterocycles. The number of halogens is 5. The van der Waals surface area contributed by atoms with Gasteiger partial charge in [0.15, 0.2) is 11.6 Å². The van der Waals surface area contributed by atoms with Crippen molar-refractivity contribution in [2.75, 3.05) is 0 Å². The van der Waals surface area contributed by atoms with Crippen molar-refractivity contribution in [3.8, 4) is 5.75 Å². The monoisotopic (exact) mass is 287 g/mol. The minimum Gasteiger partial charge on any atom is -0.506 e. The quantitative estimate of drug-likeness (QED) is 0.649. The van der Waals surface area contributed by atoms with Gasteiger partial charge in [-0.3, -0.25) is 0 Å². The van der Waals surface area contributed by atoms with Crippen LogP contribution in [0.3, 0.4) is 0 Å². The van der Waals surface area contributed by atoms with Gasteiger partial charge in [0.05, 0.1) is 16.1 Å². The predicted molar refractivity (Wildman–Crippen MR) is 48.7 cm³/mol. The van der Waals surface area contributed by atoms with Crippen LogP contribution in [0.5, 0.6) is 5.75 Å². The van der Waals surface area contributed by atoms with Crippen LogP contribution in [-0.4, -0.2) is 11.5 Å². The van der Waals surface area contributed by atoms with Crippen molar-refractivity contribution >= 4 is 15.9 Å². The third-order valence-electron chi connectivity index (χ3n) is 1.79. The van der Waals surface area contributed by atoms with E-state index in [0.717, 1.165) is 0 Å². The van der Waals surface area contributed by atoms with Gasteiger partial charge in [-0.05, 0) is 22.0 Å². The van der Waals surface area contributed by atoms with E-state index in [-0.39, 0.29) is 4.47 Å². The highest BCUT2D eigenvalue weighted by atomic mass is 79.9. The topological polar surface area (TPSA) is 46.2 Å². The first-order valence-corrected chi connectivity index (χ1v) is 4.55. The zero-order valence-electron chi connectivity index (χ0n) is 7.15. The number of hydrogen-bond acceptors (Lipinski definition) is 2. The fourth-order valence-corrected chi connectivity index (χ4v) is 1.45. The van der Waals surface area contributed by atoms with Crippen molar-refractivity contribution in [1.29, 1.82) is 0 Å². The van der Waals surface area contributed by atoms with Gasteiger partial charge in [0.1, 0.15) is 5.75 Å². The van der Waals surface area contributed by atoms with Gasteiger partial charge in [-0.2, -0.15) is 0 Å². The highest BCUT2D eigenvalue weighted by Gasteiger charge is 2.28. The summed E-state index contributed by atoms with van der Waals surface area (Å²) in [4.78, 5) is 0. The van der Waals surface area contributed by atoms with E-state index >= 15 is 0 Å². The fraction of sp³-hybridized carbons (Fsp3) is 0.250. The van der Waals surface area contributed by atoms with Gasteiger partial charge >= 0.3 is 0 Å². The minimum atomic E-state index is -3.10. The maximum absolute atomic E-state index is 13.1. The maximum Gasteiger partial charge on any atom is 0.257 e. The summed E-state index contributed by atoms with van der Waals surface area (Å²) >= 11 is 2.69. The van der Waals surface area contributed by atoms with E-state index in [2.05, 4.69) is 15.9 Å². The molecule has 0 spiro atoms. The molecule has 3 N–H and O–H groups in total. The lowest BCUT2D eigenvalue weighted by Gasteiger charge is -2.14. The van der Waals surface area contributed by atoms with Crippen molar-refractivity contribution in [2.24, 2.45) is 5.73 Å². The Hall–Kier alpha value is -0.820. The molecule has 0 fully saturated rings. The summed E-state index contributed by atoms with van der Waals surface area (Å²) in [5.74, 6) is -3.74. The zero-order valence-corrected chi connectivity index (χ0v) is 8.73. The van der Waals surface area contributed by atoms with E-state index in [4.69, 9.17) is 5.73 Å². The zero-order chi connectivity index (χ0) is 11.7. The van der Waals surface area contributed by atoms with Crippen molar-refractivity contribution in [3.63, 3.8) is 0 Å². The highest BCUT2D eigenvalue weighted by molar-refractivity contribution is 9.10. The summed E-state index contributed by atoms with van der Waals surface area (Å²) in [5.41, 5.74) is 4.01. The van der Waals surface area contributed by atoms with Gasteiger partial charge < -0.3 is 10.8 Å². The Balaban J connectivity index is 3.39. The molecule has 0 saturated carbocycles. The van der Waals surface area contributed by atoms with Crippen LogP contribution in [0.2, 0.25) is 0 Å². The average Bonchev–Trinajstić information content (AvgIpc) is 2.15. The molecular formula is C8H6BrF4NO. The van der Waals surface area contributed by atoms with E-state index in [9.17, 15) is 22.7 Å². The van der Waals surface area contributed by atoms with Crippen LogP contribution in [0, 0.1) is 11.6 Å². The Kier molecular flexibility index (Phi) is 3.56. The molecule has 1 rings (SSSR count). The van der Waals surface area contributed by atoms with Gasteiger partial charge in [0, 0.05) is 0 Å². The molecule has 0 heterocycles. The molecule has 0 amide bonds. The molecule has 0 aromatic heterocycles. The number of aromatic hydroxyl groups is 1. The molecule has 1 aromatic carbocycles. The van der Waals surface area contributed by atoms with Gasteiger partial charge in [0.2, 0.25) is 0 Å². The van der Waals surface area contributed by atoms with Crippen molar-refractivity contribution in [1.82, 2.24) is 0 Å². The molecule has 0 saturated heterocycles. The van der Waals surface area contributed by atoms with Gasteiger partial charge in [-0.25, -0.2) is 17.6 Å². The van der Waals surface area contributed by atoms with Gasteiger partial charge in [-0.1, -0.05) is 0 Å². The Morgan fingerprint density at radius 1 is 1.33 bits per heavy atom. The lowest BCUT2D eigenvalue weighted by Crippen LogP contribution is -2.21. The third-order valence-corrected chi connectivity index (χ3v) is 2.39. The second-order valence-electron chi connectivity index (χ2n) is 2.78. The smallest absolute Gasteiger partial charge is 0.257 e. The van der Waals surface area contributed by atoms with Crippen LogP contribution in [0.1, 0.15) is 11.6 Å². The molecule has 0 aliphatic carbocycles. The Labute approximate surface area is 90.8 Å². The number of phenolic OH excluding ortho intramolecular Hbond substituents is 1. The van der Waals surface area contributed by atoms with Crippen LogP contribution >= 0.6 is 15.9 Å². The predicted octanol–water partition coefficient (Wildman–Crippen LogP) is 2.70. The Morgan fingerprint density at radius 2 is 1.87 bits per heavy atom. The number of nitrogens with two attached hydrogens (primary N) is 1. The van der Waals surface area contributed by atoms with E-state index < -0.39 is 35.4 Å². The first kappa shape index (κ1) is 12.3. The molecule has 2 nitrogen and oxygen atoms in total. The third kappa shape index (κ3) is 2.23. The lowest BCUT2D eigenvalue weighted by atomic mass is 10.1. The SMILES string of the molecule is N[C@@H](c1c(O)c(Br)cc(F)c1F)C(F)F. The number of alkyl halides is 2. The number of hydrogen-bond donors (Lipinski definition) is 2. The molecule has 1 aromatic rings. The number of benzene rings is 1. The van der Waals surface area contributed by atoms with Crippen molar-refractivity contribution in [3.05, 3.63) is 27.7 Å². The second-order valence-corrected chi connectivity index (χ2v) is 3.63. The molecular weight excluding hydrogens is 282 g/mol. The minimum absolute atomic E-state index is 0.229. The van der Waals surface area contributed by atoms with E-state index in [1.54, 1.807) is 0 Å². The van der Waals surface area contributed by atoms with E-state index in [1.807, 2.05) is 0 Å². The first-order chi connectivity index (χ1) is 6.86. The molecule has 0 unspecified atom stereocenters. The standard InChI is InChI=1S/C8H6BrF4NO/c9-2-1-3(10)5(11)4(7(2)15)6(14)8(12)13/h1,6,8,15H,14H2/t6-/m0/s1. The second kappa shape index (κ2) is 4.36. The highest BCUT2D eigenvalue weighted by Crippen LogP contribution is 2.36. The summed E-state index contributed by atoms with van der Waals surface area (Å²) in [6, 6.07) is -1.44. The summed E-state index contributed by atoms with van der Waals surface area (Å²) in [6.07, 6.45) is -3.10. The van der Waals surface area contributed by atoms with E-state index in [1.165, 1.54) is 0 Å². The van der Waals surface area contributed by atoms with Gasteiger partial charge in [0.25, 0.3) is 6.43 Å². The summed E-state index contributed by atoms with van der Waals surface area (Å²) in [5, 5.41) is 9.26. The Morgan fingerprint density at radius 3 is 2.33 bits per heavy atom. The summed E-state index contributed by atoms with van der Waals surface area (Å²) in [6.45, 7) is 0. The normalized spacial score (nSPS) is 13.3. The van der Waals surface area contributed by atoms with E-state index in [0.29, 0.717) is 6.07 Å². The molecule has 1 atom stereocenters. The molecule has 0 radical (unpaired) electrons. The largest absolute Gasteiger partial charge is 0.506 e. The molecule has 0 aliphatic rings. The van der Waals surface area contributed by atoms with Crippen LogP contribution in [0.15, 0.2) is 10.5 Å². The lowest BCUT2D eigenvalue weighted by molar-refractivity contribution is 0.113. The summed E-state index contributed by atoms with van der Waals surface area (Å²) < 4.78 is 50.1. The average molecular weight is 288 g/mol. The first-order valence-electron chi connectivity index (χ1n) is 3.76. The Bertz CT molecular complexity index is 359. The van der Waals surface area contributed by atoms with Crippen LogP contribution in [-0.2, 0) is 0 Å². The summed E-state index contributed by atoms with van der Waals surface area (Å²) in [7, 11) is 0. The fourth-order valence-electron chi connectivity index (χ4n) is 1.03. The molecule has 84 valence electrons. The molecule has 7 heteroatoms. The van der Waals surface area contributed by atoms with Crippen LogP contribution in [0.4, 0.5) is 17.6 Å². The van der Waals surface area contributed by atoms with Gasteiger partial charge in [-0.15, -0.1) is 0 Å². The van der Waals surface area contributed by atoms with Crippen LogP contribution < -0.4 is 5.73 Å².